The van der Waals surface area contributed by atoms with Gasteiger partial charge in [-0.15, -0.1) is 0 Å². The Balaban J connectivity index is 1.87. The van der Waals surface area contributed by atoms with Gasteiger partial charge in [-0.3, -0.25) is 4.79 Å². The van der Waals surface area contributed by atoms with Crippen LogP contribution in [0.1, 0.15) is 17.5 Å². The summed E-state index contributed by atoms with van der Waals surface area (Å²) in [5.41, 5.74) is 0.479. The van der Waals surface area contributed by atoms with Crippen molar-refractivity contribution in [2.24, 2.45) is 7.05 Å². The van der Waals surface area contributed by atoms with Crippen molar-refractivity contribution in [1.82, 2.24) is 14.9 Å². The summed E-state index contributed by atoms with van der Waals surface area (Å²) >= 11 is 5.83. The first-order chi connectivity index (χ1) is 9.58. The van der Waals surface area contributed by atoms with Gasteiger partial charge in [0.2, 0.25) is 0 Å². The van der Waals surface area contributed by atoms with E-state index in [0.717, 1.165) is 5.82 Å². The summed E-state index contributed by atoms with van der Waals surface area (Å²) in [6, 6.07) is 6.62. The highest BCUT2D eigenvalue weighted by molar-refractivity contribution is 6.30. The Morgan fingerprint density at radius 1 is 1.55 bits per heavy atom. The molecule has 0 fully saturated rings. The lowest BCUT2D eigenvalue weighted by Crippen LogP contribution is -2.31. The highest BCUT2D eigenvalue weighted by atomic mass is 35.5. The van der Waals surface area contributed by atoms with E-state index < -0.39 is 12.0 Å². The number of nitrogens with one attached hydrogen (secondary N) is 1. The number of imidazole rings is 1. The highest BCUT2D eigenvalue weighted by Crippen LogP contribution is 2.17. The fraction of sp³-hybridized carbons (Fsp3) is 0.286. The summed E-state index contributed by atoms with van der Waals surface area (Å²) in [5, 5.41) is 13.1. The number of halogens is 1. The maximum atomic E-state index is 11.8. The summed E-state index contributed by atoms with van der Waals surface area (Å²) in [4.78, 5) is 16.0. The first-order valence-electron chi connectivity index (χ1n) is 6.25. The van der Waals surface area contributed by atoms with Crippen LogP contribution in [0.25, 0.3) is 0 Å². The third-order valence-electron chi connectivity index (χ3n) is 2.98. The molecule has 0 aliphatic carbocycles. The van der Waals surface area contributed by atoms with E-state index in [1.807, 2.05) is 17.8 Å². The molecule has 2 aromatic rings. The number of aryl methyl sites for hydroxylation is 1. The standard InChI is InChI=1S/C14H16ClN3O2/c1-18-8-7-16-12(18)5-6-17-14(20)13(19)10-3-2-4-11(15)9-10/h2-4,7-9,13,19H,5-6H2,1H3,(H,17,20). The van der Waals surface area contributed by atoms with Crippen molar-refractivity contribution in [2.75, 3.05) is 6.54 Å². The monoisotopic (exact) mass is 293 g/mol. The maximum absolute atomic E-state index is 11.8. The number of hydrogen-bond donors (Lipinski definition) is 2. The Morgan fingerprint density at radius 3 is 3.00 bits per heavy atom. The molecule has 1 amide bonds. The number of carbonyl (C=O) groups is 1. The molecule has 1 aromatic heterocycles. The number of aliphatic hydroxyl groups is 1. The van der Waals surface area contributed by atoms with Crippen molar-refractivity contribution < 1.29 is 9.90 Å². The molecule has 0 aliphatic rings. The van der Waals surface area contributed by atoms with Gasteiger partial charge >= 0.3 is 0 Å². The first-order valence-corrected chi connectivity index (χ1v) is 6.63. The van der Waals surface area contributed by atoms with Gasteiger partial charge in [-0.25, -0.2) is 4.98 Å². The predicted molar refractivity (Wildman–Crippen MR) is 76.3 cm³/mol. The van der Waals surface area contributed by atoms with E-state index in [1.165, 1.54) is 0 Å². The number of amides is 1. The van der Waals surface area contributed by atoms with Crippen molar-refractivity contribution in [2.45, 2.75) is 12.5 Å². The van der Waals surface area contributed by atoms with Crippen LogP contribution in [0, 0.1) is 0 Å². The normalized spacial score (nSPS) is 12.2. The van der Waals surface area contributed by atoms with Crippen molar-refractivity contribution in [3.8, 4) is 0 Å². The SMILES string of the molecule is Cn1ccnc1CCNC(=O)C(O)c1cccc(Cl)c1. The Bertz CT molecular complexity index is 598. The van der Waals surface area contributed by atoms with Gasteiger partial charge in [0.25, 0.3) is 5.91 Å². The molecule has 0 saturated carbocycles. The minimum absolute atomic E-state index is 0.418. The fourth-order valence-corrected chi connectivity index (χ4v) is 2.06. The topological polar surface area (TPSA) is 67.2 Å². The van der Waals surface area contributed by atoms with Crippen LogP contribution < -0.4 is 5.32 Å². The van der Waals surface area contributed by atoms with Gasteiger partial charge in [0.1, 0.15) is 5.82 Å². The number of hydrogen-bond acceptors (Lipinski definition) is 3. The maximum Gasteiger partial charge on any atom is 0.253 e. The van der Waals surface area contributed by atoms with Crippen molar-refractivity contribution in [3.63, 3.8) is 0 Å². The van der Waals surface area contributed by atoms with Crippen LogP contribution in [0.5, 0.6) is 0 Å². The zero-order valence-corrected chi connectivity index (χ0v) is 11.8. The molecule has 0 spiro atoms. The molecule has 1 unspecified atom stereocenters. The molecule has 20 heavy (non-hydrogen) atoms. The first kappa shape index (κ1) is 14.6. The summed E-state index contributed by atoms with van der Waals surface area (Å²) in [6.07, 6.45) is 2.95. The lowest BCUT2D eigenvalue weighted by Gasteiger charge is -2.12. The van der Waals surface area contributed by atoms with Crippen LogP contribution in [-0.2, 0) is 18.3 Å². The second-order valence-corrected chi connectivity index (χ2v) is 4.89. The molecular formula is C14H16ClN3O2. The van der Waals surface area contributed by atoms with Gasteiger partial charge in [-0.1, -0.05) is 23.7 Å². The second-order valence-electron chi connectivity index (χ2n) is 4.45. The predicted octanol–water partition coefficient (Wildman–Crippen LogP) is 1.47. The highest BCUT2D eigenvalue weighted by Gasteiger charge is 2.17. The van der Waals surface area contributed by atoms with E-state index in [2.05, 4.69) is 10.3 Å². The summed E-state index contributed by atoms with van der Waals surface area (Å²) in [6.45, 7) is 0.418. The third-order valence-corrected chi connectivity index (χ3v) is 3.22. The van der Waals surface area contributed by atoms with E-state index in [0.29, 0.717) is 23.6 Å². The summed E-state index contributed by atoms with van der Waals surface area (Å²) in [7, 11) is 1.89. The fourth-order valence-electron chi connectivity index (χ4n) is 1.86. The van der Waals surface area contributed by atoms with Gasteiger partial charge < -0.3 is 15.0 Å². The minimum atomic E-state index is -1.21. The van der Waals surface area contributed by atoms with E-state index >= 15 is 0 Å². The van der Waals surface area contributed by atoms with Crippen molar-refractivity contribution in [3.05, 3.63) is 53.1 Å². The second kappa shape index (κ2) is 6.54. The molecule has 0 radical (unpaired) electrons. The van der Waals surface area contributed by atoms with Crippen LogP contribution in [-0.4, -0.2) is 27.1 Å². The number of benzene rings is 1. The molecule has 0 saturated heterocycles. The molecule has 6 heteroatoms. The van der Waals surface area contributed by atoms with E-state index in [1.54, 1.807) is 30.5 Å². The van der Waals surface area contributed by atoms with Gasteiger partial charge in [-0.2, -0.15) is 0 Å². The van der Waals surface area contributed by atoms with Crippen LogP contribution in [0.15, 0.2) is 36.7 Å². The minimum Gasteiger partial charge on any atom is -0.378 e. The molecule has 1 heterocycles. The Labute approximate surface area is 122 Å². The van der Waals surface area contributed by atoms with E-state index in [-0.39, 0.29) is 0 Å². The van der Waals surface area contributed by atoms with Crippen LogP contribution >= 0.6 is 11.6 Å². The molecule has 1 aromatic carbocycles. The Morgan fingerprint density at radius 2 is 2.35 bits per heavy atom. The molecule has 1 atom stereocenters. The Kier molecular flexibility index (Phi) is 4.76. The van der Waals surface area contributed by atoms with Gasteiger partial charge in [0.05, 0.1) is 0 Å². The van der Waals surface area contributed by atoms with Gasteiger partial charge in [-0.05, 0) is 17.7 Å². The smallest absolute Gasteiger partial charge is 0.253 e. The van der Waals surface area contributed by atoms with E-state index in [4.69, 9.17) is 11.6 Å². The summed E-state index contributed by atoms with van der Waals surface area (Å²) < 4.78 is 1.89. The van der Waals surface area contributed by atoms with Crippen LogP contribution in [0.2, 0.25) is 5.02 Å². The number of nitrogens with zero attached hydrogens (tertiary/aromatic N) is 2. The molecule has 2 N–H and O–H groups in total. The largest absolute Gasteiger partial charge is 0.378 e. The van der Waals surface area contributed by atoms with Crippen LogP contribution in [0.4, 0.5) is 0 Å². The quantitative estimate of drug-likeness (QED) is 0.877. The number of aromatic nitrogens is 2. The van der Waals surface area contributed by atoms with Gasteiger partial charge in [0, 0.05) is 37.4 Å². The summed E-state index contributed by atoms with van der Waals surface area (Å²) in [5.74, 6) is 0.434. The lowest BCUT2D eigenvalue weighted by molar-refractivity contribution is -0.129. The van der Waals surface area contributed by atoms with E-state index in [9.17, 15) is 9.90 Å². The van der Waals surface area contributed by atoms with Gasteiger partial charge in [0.15, 0.2) is 6.10 Å². The number of rotatable bonds is 5. The molecule has 0 aliphatic heterocycles. The Hall–Kier alpha value is -1.85. The molecule has 0 bridgehead atoms. The molecule has 106 valence electrons. The third kappa shape index (κ3) is 3.59. The lowest BCUT2D eigenvalue weighted by atomic mass is 10.1. The number of carbonyl (C=O) groups excluding carboxylic acids is 1. The van der Waals surface area contributed by atoms with Crippen molar-refractivity contribution in [1.29, 1.82) is 0 Å². The number of aliphatic hydroxyl groups excluding tert-OH is 1. The zero-order chi connectivity index (χ0) is 14.5. The molecule has 2 rings (SSSR count). The molecule has 5 nitrogen and oxygen atoms in total. The van der Waals surface area contributed by atoms with Crippen LogP contribution in [0.3, 0.4) is 0 Å². The molecular weight excluding hydrogens is 278 g/mol. The zero-order valence-electron chi connectivity index (χ0n) is 11.1. The average molecular weight is 294 g/mol. The van der Waals surface area contributed by atoms with Crippen molar-refractivity contribution >= 4 is 17.5 Å². The average Bonchev–Trinajstić information content (AvgIpc) is 2.83.